The van der Waals surface area contributed by atoms with Gasteiger partial charge in [0.2, 0.25) is 5.88 Å². The van der Waals surface area contributed by atoms with E-state index >= 15 is 0 Å². The average Bonchev–Trinajstić information content (AvgIpc) is 2.30. The second-order valence-corrected chi connectivity index (χ2v) is 3.36. The van der Waals surface area contributed by atoms with Crippen LogP contribution in [-0.2, 0) is 6.42 Å². The van der Waals surface area contributed by atoms with Crippen molar-refractivity contribution in [2.75, 3.05) is 25.1 Å². The van der Waals surface area contributed by atoms with Crippen LogP contribution >= 0.6 is 0 Å². The zero-order valence-corrected chi connectivity index (χ0v) is 9.86. The first-order valence-electron chi connectivity index (χ1n) is 5.64. The molecule has 0 fully saturated rings. The highest BCUT2D eigenvalue weighted by atomic mass is 16.5. The Morgan fingerprint density at radius 2 is 2.19 bits per heavy atom. The van der Waals surface area contributed by atoms with Crippen LogP contribution in [0, 0.1) is 0 Å². The van der Waals surface area contributed by atoms with Gasteiger partial charge in [0, 0.05) is 6.54 Å². The average molecular weight is 225 g/mol. The van der Waals surface area contributed by atoms with Gasteiger partial charge in [-0.2, -0.15) is 0 Å². The van der Waals surface area contributed by atoms with Crippen molar-refractivity contribution in [3.8, 4) is 5.88 Å². The van der Waals surface area contributed by atoms with Gasteiger partial charge in [-0.1, -0.05) is 13.3 Å². The number of aliphatic hydroxyl groups is 1. The van der Waals surface area contributed by atoms with Crippen molar-refractivity contribution in [3.05, 3.63) is 11.9 Å². The van der Waals surface area contributed by atoms with E-state index in [1.54, 1.807) is 0 Å². The number of rotatable bonds is 7. The van der Waals surface area contributed by atoms with Gasteiger partial charge in [0.25, 0.3) is 0 Å². The number of hydrogen-bond acceptors (Lipinski definition) is 5. The van der Waals surface area contributed by atoms with Crippen LogP contribution in [0.15, 0.2) is 6.33 Å². The minimum atomic E-state index is -0.00783. The zero-order valence-electron chi connectivity index (χ0n) is 9.86. The van der Waals surface area contributed by atoms with Gasteiger partial charge in [-0.15, -0.1) is 0 Å². The van der Waals surface area contributed by atoms with Crippen molar-refractivity contribution >= 4 is 5.82 Å². The second-order valence-electron chi connectivity index (χ2n) is 3.36. The molecule has 0 aliphatic rings. The Labute approximate surface area is 95.9 Å². The van der Waals surface area contributed by atoms with Crippen LogP contribution in [0.25, 0.3) is 0 Å². The number of aliphatic hydroxyl groups excluding tert-OH is 1. The van der Waals surface area contributed by atoms with E-state index in [9.17, 15) is 0 Å². The summed E-state index contributed by atoms with van der Waals surface area (Å²) in [5.74, 6) is 1.40. The Balaban J connectivity index is 2.90. The molecule has 0 bridgehead atoms. The highest BCUT2D eigenvalue weighted by Gasteiger charge is 2.10. The topological polar surface area (TPSA) is 67.3 Å². The van der Waals surface area contributed by atoms with E-state index in [4.69, 9.17) is 9.84 Å². The molecule has 0 atom stereocenters. The molecule has 0 aromatic carbocycles. The lowest BCUT2D eigenvalue weighted by molar-refractivity contribution is 0.195. The molecule has 2 N–H and O–H groups in total. The van der Waals surface area contributed by atoms with Gasteiger partial charge in [-0.25, -0.2) is 9.97 Å². The summed E-state index contributed by atoms with van der Waals surface area (Å²) in [6.07, 6.45) is 3.34. The Bertz CT molecular complexity index is 318. The summed E-state index contributed by atoms with van der Waals surface area (Å²) < 4.78 is 5.38. The third kappa shape index (κ3) is 3.34. The fourth-order valence-corrected chi connectivity index (χ4v) is 1.46. The SMILES string of the molecule is CCCc1c(NCC)ncnc1OCCO. The summed E-state index contributed by atoms with van der Waals surface area (Å²) in [6, 6.07) is 0. The predicted octanol–water partition coefficient (Wildman–Crippen LogP) is 1.23. The van der Waals surface area contributed by atoms with E-state index in [1.807, 2.05) is 6.92 Å². The fourth-order valence-electron chi connectivity index (χ4n) is 1.46. The maximum Gasteiger partial charge on any atom is 0.221 e. The first kappa shape index (κ1) is 12.7. The summed E-state index contributed by atoms with van der Waals surface area (Å²) in [5, 5.41) is 11.9. The molecule has 1 aromatic rings. The van der Waals surface area contributed by atoms with E-state index in [2.05, 4.69) is 22.2 Å². The smallest absolute Gasteiger partial charge is 0.221 e. The van der Waals surface area contributed by atoms with E-state index in [0.717, 1.165) is 30.8 Å². The molecular weight excluding hydrogens is 206 g/mol. The highest BCUT2D eigenvalue weighted by Crippen LogP contribution is 2.23. The molecule has 5 heteroatoms. The maximum atomic E-state index is 8.74. The lowest BCUT2D eigenvalue weighted by atomic mass is 10.1. The van der Waals surface area contributed by atoms with Gasteiger partial charge >= 0.3 is 0 Å². The van der Waals surface area contributed by atoms with Crippen molar-refractivity contribution < 1.29 is 9.84 Å². The summed E-state index contributed by atoms with van der Waals surface area (Å²) in [4.78, 5) is 8.28. The molecule has 16 heavy (non-hydrogen) atoms. The van der Waals surface area contributed by atoms with Crippen molar-refractivity contribution in [3.63, 3.8) is 0 Å². The number of nitrogens with one attached hydrogen (secondary N) is 1. The third-order valence-electron chi connectivity index (χ3n) is 2.08. The molecule has 0 saturated heterocycles. The summed E-state index contributed by atoms with van der Waals surface area (Å²) in [7, 11) is 0. The van der Waals surface area contributed by atoms with E-state index in [-0.39, 0.29) is 13.2 Å². The standard InChI is InChI=1S/C11H19N3O2/c1-3-5-9-10(12-4-2)13-8-14-11(9)16-7-6-15/h8,15H,3-7H2,1-2H3,(H,12,13,14). The molecule has 0 aliphatic carbocycles. The lowest BCUT2D eigenvalue weighted by Gasteiger charge is -2.13. The molecule has 0 spiro atoms. The molecule has 0 aliphatic heterocycles. The van der Waals surface area contributed by atoms with E-state index in [0.29, 0.717) is 5.88 Å². The molecule has 1 rings (SSSR count). The Morgan fingerprint density at radius 1 is 1.38 bits per heavy atom. The van der Waals surface area contributed by atoms with Crippen molar-refractivity contribution in [1.82, 2.24) is 9.97 Å². The van der Waals surface area contributed by atoms with Crippen LogP contribution in [0.4, 0.5) is 5.82 Å². The lowest BCUT2D eigenvalue weighted by Crippen LogP contribution is -2.10. The van der Waals surface area contributed by atoms with Crippen LogP contribution in [0.1, 0.15) is 25.8 Å². The molecule has 0 amide bonds. The molecule has 90 valence electrons. The largest absolute Gasteiger partial charge is 0.475 e. The molecule has 1 aromatic heterocycles. The van der Waals surface area contributed by atoms with Gasteiger partial charge < -0.3 is 15.2 Å². The second kappa shape index (κ2) is 7.00. The Morgan fingerprint density at radius 3 is 2.81 bits per heavy atom. The monoisotopic (exact) mass is 225 g/mol. The van der Waals surface area contributed by atoms with Gasteiger partial charge in [0.05, 0.1) is 12.2 Å². The summed E-state index contributed by atoms with van der Waals surface area (Å²) in [6.45, 7) is 5.18. The van der Waals surface area contributed by atoms with Crippen LogP contribution in [0.5, 0.6) is 5.88 Å². The number of hydrogen-bond donors (Lipinski definition) is 2. The number of anilines is 1. The van der Waals surface area contributed by atoms with Crippen molar-refractivity contribution in [1.29, 1.82) is 0 Å². The highest BCUT2D eigenvalue weighted by molar-refractivity contribution is 5.48. The van der Waals surface area contributed by atoms with E-state index < -0.39 is 0 Å². The molecular formula is C11H19N3O2. The zero-order chi connectivity index (χ0) is 11.8. The fraction of sp³-hybridized carbons (Fsp3) is 0.636. The number of ether oxygens (including phenoxy) is 1. The van der Waals surface area contributed by atoms with Crippen LogP contribution in [0.3, 0.4) is 0 Å². The van der Waals surface area contributed by atoms with Gasteiger partial charge in [-0.05, 0) is 13.3 Å². The minimum absolute atomic E-state index is 0.00783. The quantitative estimate of drug-likeness (QED) is 0.730. The van der Waals surface area contributed by atoms with Gasteiger partial charge in [0.1, 0.15) is 18.8 Å². The number of aromatic nitrogens is 2. The molecule has 0 saturated carbocycles. The number of nitrogens with zero attached hydrogens (tertiary/aromatic N) is 2. The summed E-state index contributed by atoms with van der Waals surface area (Å²) >= 11 is 0. The van der Waals surface area contributed by atoms with Crippen molar-refractivity contribution in [2.24, 2.45) is 0 Å². The van der Waals surface area contributed by atoms with E-state index in [1.165, 1.54) is 6.33 Å². The Hall–Kier alpha value is -1.36. The third-order valence-corrected chi connectivity index (χ3v) is 2.08. The normalized spacial score (nSPS) is 10.2. The molecule has 1 heterocycles. The summed E-state index contributed by atoms with van der Waals surface area (Å²) in [5.41, 5.74) is 0.986. The van der Waals surface area contributed by atoms with Crippen LogP contribution < -0.4 is 10.1 Å². The van der Waals surface area contributed by atoms with Gasteiger partial charge in [-0.3, -0.25) is 0 Å². The molecule has 5 nitrogen and oxygen atoms in total. The Kier molecular flexibility index (Phi) is 5.56. The molecule has 0 radical (unpaired) electrons. The van der Waals surface area contributed by atoms with Crippen LogP contribution in [-0.4, -0.2) is 34.8 Å². The van der Waals surface area contributed by atoms with Crippen LogP contribution in [0.2, 0.25) is 0 Å². The molecule has 0 unspecified atom stereocenters. The first-order chi connectivity index (χ1) is 7.83. The van der Waals surface area contributed by atoms with Gasteiger partial charge in [0.15, 0.2) is 0 Å². The van der Waals surface area contributed by atoms with Crippen molar-refractivity contribution in [2.45, 2.75) is 26.7 Å². The predicted molar refractivity (Wildman–Crippen MR) is 62.8 cm³/mol. The minimum Gasteiger partial charge on any atom is -0.475 e. The first-order valence-corrected chi connectivity index (χ1v) is 5.64. The maximum absolute atomic E-state index is 8.74.